The summed E-state index contributed by atoms with van der Waals surface area (Å²) in [5, 5.41) is 8.88. The zero-order valence-corrected chi connectivity index (χ0v) is 11.9. The molecule has 0 radical (unpaired) electrons. The van der Waals surface area contributed by atoms with Crippen molar-refractivity contribution in [3.05, 3.63) is 0 Å². The van der Waals surface area contributed by atoms with Crippen molar-refractivity contribution in [1.29, 1.82) is 0 Å². The molecule has 102 valence electrons. The number of hydrogen-bond donors (Lipinski definition) is 1. The van der Waals surface area contributed by atoms with Gasteiger partial charge in [-0.2, -0.15) is 0 Å². The van der Waals surface area contributed by atoms with E-state index in [9.17, 15) is 4.79 Å². The molecule has 1 N–H and O–H groups in total. The van der Waals surface area contributed by atoms with Crippen LogP contribution in [0.3, 0.4) is 0 Å². The second kappa shape index (κ2) is 9.46. The normalized spacial score (nSPS) is 12.8. The van der Waals surface area contributed by atoms with Crippen LogP contribution in [0.2, 0.25) is 0 Å². The summed E-state index contributed by atoms with van der Waals surface area (Å²) in [7, 11) is 0. The minimum absolute atomic E-state index is 0.155. The summed E-state index contributed by atoms with van der Waals surface area (Å²) < 4.78 is 0. The van der Waals surface area contributed by atoms with Crippen molar-refractivity contribution in [2.45, 2.75) is 65.8 Å². The number of rotatable bonds is 9. The average Bonchev–Trinajstić information content (AvgIpc) is 2.30. The van der Waals surface area contributed by atoms with Gasteiger partial charge in [0.25, 0.3) is 0 Å². The van der Waals surface area contributed by atoms with Crippen LogP contribution in [-0.2, 0) is 4.79 Å². The smallest absolute Gasteiger partial charge is 0.225 e. The van der Waals surface area contributed by atoms with Crippen LogP contribution in [-0.4, -0.2) is 35.1 Å². The molecular weight excluding hydrogens is 214 g/mol. The van der Waals surface area contributed by atoms with Crippen LogP contribution in [0, 0.1) is 5.92 Å². The Morgan fingerprint density at radius 2 is 1.88 bits per heavy atom. The van der Waals surface area contributed by atoms with E-state index in [-0.39, 0.29) is 24.5 Å². The maximum absolute atomic E-state index is 12.4. The highest BCUT2D eigenvalue weighted by atomic mass is 16.3. The highest BCUT2D eigenvalue weighted by Crippen LogP contribution is 2.17. The van der Waals surface area contributed by atoms with Crippen LogP contribution in [0.4, 0.5) is 0 Å². The van der Waals surface area contributed by atoms with Gasteiger partial charge in [-0.25, -0.2) is 0 Å². The Morgan fingerprint density at radius 1 is 1.24 bits per heavy atom. The fourth-order valence-electron chi connectivity index (χ4n) is 2.05. The molecule has 0 aliphatic rings. The molecule has 3 heteroatoms. The molecule has 17 heavy (non-hydrogen) atoms. The van der Waals surface area contributed by atoms with E-state index in [1.54, 1.807) is 0 Å². The van der Waals surface area contributed by atoms with E-state index >= 15 is 0 Å². The van der Waals surface area contributed by atoms with Crippen LogP contribution >= 0.6 is 0 Å². The zero-order valence-electron chi connectivity index (χ0n) is 11.9. The molecular formula is C14H29NO2. The monoisotopic (exact) mass is 243 g/mol. The van der Waals surface area contributed by atoms with E-state index in [0.717, 1.165) is 25.7 Å². The molecule has 0 aromatic heterocycles. The Morgan fingerprint density at radius 3 is 2.29 bits per heavy atom. The quantitative estimate of drug-likeness (QED) is 0.676. The topological polar surface area (TPSA) is 40.5 Å². The predicted molar refractivity (Wildman–Crippen MR) is 71.9 cm³/mol. The lowest BCUT2D eigenvalue weighted by Crippen LogP contribution is -2.41. The van der Waals surface area contributed by atoms with Crippen molar-refractivity contribution in [2.75, 3.05) is 13.2 Å². The summed E-state index contributed by atoms with van der Waals surface area (Å²) in [6.07, 6.45) is 4.85. The molecule has 1 unspecified atom stereocenters. The Kier molecular flexibility index (Phi) is 9.14. The fraction of sp³-hybridized carbons (Fsp3) is 0.929. The minimum Gasteiger partial charge on any atom is -0.396 e. The second-order valence-electron chi connectivity index (χ2n) is 4.95. The fourth-order valence-corrected chi connectivity index (χ4v) is 2.05. The molecule has 0 bridgehead atoms. The Labute approximate surface area is 106 Å². The molecule has 0 fully saturated rings. The standard InChI is InChI=1S/C14H29NO2/c1-5-7-9-13(6-2)14(17)15(12(3)4)10-8-11-16/h12-13,16H,5-11H2,1-4H3. The van der Waals surface area contributed by atoms with E-state index in [1.165, 1.54) is 0 Å². The van der Waals surface area contributed by atoms with E-state index in [4.69, 9.17) is 5.11 Å². The predicted octanol–water partition coefficient (Wildman–Crippen LogP) is 2.82. The molecule has 0 aromatic rings. The van der Waals surface area contributed by atoms with Gasteiger partial charge < -0.3 is 10.0 Å². The van der Waals surface area contributed by atoms with E-state index < -0.39 is 0 Å². The average molecular weight is 243 g/mol. The molecule has 1 amide bonds. The molecule has 3 nitrogen and oxygen atoms in total. The van der Waals surface area contributed by atoms with Gasteiger partial charge >= 0.3 is 0 Å². The van der Waals surface area contributed by atoms with Gasteiger partial charge in [0, 0.05) is 25.1 Å². The summed E-state index contributed by atoms with van der Waals surface area (Å²) in [5.74, 6) is 0.431. The van der Waals surface area contributed by atoms with E-state index in [1.807, 2.05) is 18.7 Å². The molecule has 0 aliphatic carbocycles. The van der Waals surface area contributed by atoms with Gasteiger partial charge in [0.1, 0.15) is 0 Å². The van der Waals surface area contributed by atoms with Crippen molar-refractivity contribution in [3.63, 3.8) is 0 Å². The second-order valence-corrected chi connectivity index (χ2v) is 4.95. The summed E-state index contributed by atoms with van der Waals surface area (Å²) >= 11 is 0. The van der Waals surface area contributed by atoms with Gasteiger partial charge in [-0.05, 0) is 33.1 Å². The molecule has 0 saturated heterocycles. The first-order valence-corrected chi connectivity index (χ1v) is 6.99. The molecule has 0 heterocycles. The first-order chi connectivity index (χ1) is 8.08. The largest absolute Gasteiger partial charge is 0.396 e. The van der Waals surface area contributed by atoms with Gasteiger partial charge in [-0.3, -0.25) is 4.79 Å². The summed E-state index contributed by atoms with van der Waals surface area (Å²) in [4.78, 5) is 14.3. The maximum atomic E-state index is 12.4. The number of hydrogen-bond acceptors (Lipinski definition) is 2. The number of unbranched alkanes of at least 4 members (excludes halogenated alkanes) is 1. The number of aliphatic hydroxyl groups is 1. The maximum Gasteiger partial charge on any atom is 0.225 e. The van der Waals surface area contributed by atoms with Crippen molar-refractivity contribution < 1.29 is 9.90 Å². The third kappa shape index (κ3) is 6.06. The minimum atomic E-state index is 0.155. The summed E-state index contributed by atoms with van der Waals surface area (Å²) in [6.45, 7) is 9.16. The highest BCUT2D eigenvalue weighted by molar-refractivity contribution is 5.79. The third-order valence-electron chi connectivity index (χ3n) is 3.21. The lowest BCUT2D eigenvalue weighted by Gasteiger charge is -2.30. The van der Waals surface area contributed by atoms with Gasteiger partial charge in [-0.1, -0.05) is 26.7 Å². The number of amides is 1. The van der Waals surface area contributed by atoms with Crippen LogP contribution in [0.25, 0.3) is 0 Å². The van der Waals surface area contributed by atoms with Gasteiger partial charge in [0.15, 0.2) is 0 Å². The summed E-state index contributed by atoms with van der Waals surface area (Å²) in [5.41, 5.74) is 0. The Balaban J connectivity index is 4.44. The molecule has 0 aliphatic heterocycles. The first kappa shape index (κ1) is 16.4. The molecule has 1 atom stereocenters. The first-order valence-electron chi connectivity index (χ1n) is 6.99. The lowest BCUT2D eigenvalue weighted by molar-refractivity contribution is -0.137. The van der Waals surface area contributed by atoms with Gasteiger partial charge in [0.05, 0.1) is 0 Å². The van der Waals surface area contributed by atoms with E-state index in [2.05, 4.69) is 13.8 Å². The zero-order chi connectivity index (χ0) is 13.3. The van der Waals surface area contributed by atoms with Crippen LogP contribution in [0.15, 0.2) is 0 Å². The van der Waals surface area contributed by atoms with Gasteiger partial charge in [0.2, 0.25) is 5.91 Å². The molecule has 0 spiro atoms. The van der Waals surface area contributed by atoms with E-state index in [0.29, 0.717) is 13.0 Å². The lowest BCUT2D eigenvalue weighted by atomic mass is 9.97. The van der Waals surface area contributed by atoms with Gasteiger partial charge in [-0.15, -0.1) is 0 Å². The Hall–Kier alpha value is -0.570. The molecule has 0 saturated carbocycles. The molecule has 0 aromatic carbocycles. The van der Waals surface area contributed by atoms with Crippen molar-refractivity contribution >= 4 is 5.91 Å². The number of aliphatic hydroxyl groups excluding tert-OH is 1. The SMILES string of the molecule is CCCCC(CC)C(=O)N(CCCO)C(C)C. The third-order valence-corrected chi connectivity index (χ3v) is 3.21. The van der Waals surface area contributed by atoms with Crippen molar-refractivity contribution in [1.82, 2.24) is 4.90 Å². The Bertz CT molecular complexity index is 204. The van der Waals surface area contributed by atoms with Crippen LogP contribution < -0.4 is 0 Å². The number of carbonyl (C=O) groups is 1. The number of nitrogens with zero attached hydrogens (tertiary/aromatic N) is 1. The van der Waals surface area contributed by atoms with Crippen molar-refractivity contribution in [2.24, 2.45) is 5.92 Å². The summed E-state index contributed by atoms with van der Waals surface area (Å²) in [6, 6.07) is 0.227. The molecule has 0 rings (SSSR count). The van der Waals surface area contributed by atoms with Crippen molar-refractivity contribution in [3.8, 4) is 0 Å². The van der Waals surface area contributed by atoms with Crippen LogP contribution in [0.1, 0.15) is 59.8 Å². The highest BCUT2D eigenvalue weighted by Gasteiger charge is 2.23. The van der Waals surface area contributed by atoms with Crippen LogP contribution in [0.5, 0.6) is 0 Å². The number of carbonyl (C=O) groups excluding carboxylic acids is 1.